The lowest BCUT2D eigenvalue weighted by molar-refractivity contribution is -0.107. The monoisotopic (exact) mass is 542 g/mol. The number of anilines is 1. The second kappa shape index (κ2) is 11.4. The van der Waals surface area contributed by atoms with Crippen LogP contribution in [0.2, 0.25) is 0 Å². The highest BCUT2D eigenvalue weighted by Gasteiger charge is 2.49. The van der Waals surface area contributed by atoms with E-state index in [-0.39, 0.29) is 23.3 Å². The van der Waals surface area contributed by atoms with Crippen molar-refractivity contribution in [1.82, 2.24) is 5.32 Å². The van der Waals surface area contributed by atoms with Gasteiger partial charge in [-0.05, 0) is 81.5 Å². The van der Waals surface area contributed by atoms with Crippen LogP contribution in [-0.2, 0) is 16.4 Å². The van der Waals surface area contributed by atoms with Gasteiger partial charge in [0.25, 0.3) is 10.0 Å². The summed E-state index contributed by atoms with van der Waals surface area (Å²) in [6.45, 7) is 2.60. The van der Waals surface area contributed by atoms with Crippen molar-refractivity contribution in [1.29, 1.82) is 0 Å². The van der Waals surface area contributed by atoms with E-state index >= 15 is 0 Å². The summed E-state index contributed by atoms with van der Waals surface area (Å²) < 4.78 is 34.4. The standard InChI is InChI=1S/C29H34N2O4S.ClH/c1-21-9-15-24(16-10-21)36(33,34)31-23-13-11-22(12-14-23)17-20-30-27-25-7-3-4-8-26(25)35-29(28(27)32)18-5-2-6-19-29;/h3-4,7-16,27-28,30-32H,2,5-6,17-20H2,1H3;1H. The summed E-state index contributed by atoms with van der Waals surface area (Å²) in [4.78, 5) is 0.243. The summed E-state index contributed by atoms with van der Waals surface area (Å²) in [6, 6.07) is 22.1. The Labute approximate surface area is 225 Å². The molecule has 198 valence electrons. The summed E-state index contributed by atoms with van der Waals surface area (Å²) in [7, 11) is -3.62. The van der Waals surface area contributed by atoms with E-state index < -0.39 is 21.7 Å². The first-order chi connectivity index (χ1) is 17.4. The molecule has 1 heterocycles. The fourth-order valence-electron chi connectivity index (χ4n) is 5.40. The molecule has 2 aliphatic rings. The maximum absolute atomic E-state index is 12.6. The molecule has 3 N–H and O–H groups in total. The van der Waals surface area contributed by atoms with E-state index in [0.29, 0.717) is 12.2 Å². The molecule has 1 saturated carbocycles. The second-order valence-corrected chi connectivity index (χ2v) is 11.7. The third kappa shape index (κ3) is 5.96. The molecule has 2 unspecified atom stereocenters. The first-order valence-electron chi connectivity index (χ1n) is 12.7. The van der Waals surface area contributed by atoms with E-state index in [1.54, 1.807) is 36.4 Å². The van der Waals surface area contributed by atoms with E-state index in [1.165, 1.54) is 6.42 Å². The van der Waals surface area contributed by atoms with Gasteiger partial charge in [0.1, 0.15) is 17.5 Å². The highest BCUT2D eigenvalue weighted by molar-refractivity contribution is 7.92. The number of rotatable bonds is 7. The summed E-state index contributed by atoms with van der Waals surface area (Å²) in [5.41, 5.74) is 3.11. The highest BCUT2D eigenvalue weighted by Crippen LogP contribution is 2.46. The van der Waals surface area contributed by atoms with Crippen LogP contribution in [0.1, 0.15) is 54.8 Å². The quantitative estimate of drug-likeness (QED) is 0.364. The number of hydrogen-bond acceptors (Lipinski definition) is 5. The molecule has 1 aliphatic heterocycles. The van der Waals surface area contributed by atoms with Crippen LogP contribution in [0.25, 0.3) is 0 Å². The number of para-hydroxylation sites is 1. The van der Waals surface area contributed by atoms with Crippen molar-refractivity contribution in [2.75, 3.05) is 11.3 Å². The molecule has 0 amide bonds. The number of fused-ring (bicyclic) bond motifs is 1. The van der Waals surface area contributed by atoms with Crippen molar-refractivity contribution >= 4 is 28.1 Å². The average molecular weight is 543 g/mol. The molecule has 37 heavy (non-hydrogen) atoms. The fraction of sp³-hybridized carbons (Fsp3) is 0.379. The SMILES string of the molecule is Cc1ccc(S(=O)(=O)Nc2ccc(CCNC3c4ccccc4OC4(CCCCC4)C3O)cc2)cc1.Cl. The van der Waals surface area contributed by atoms with Crippen LogP contribution < -0.4 is 14.8 Å². The number of aryl methyl sites for hydroxylation is 1. The molecule has 1 fully saturated rings. The molecule has 6 nitrogen and oxygen atoms in total. The highest BCUT2D eigenvalue weighted by atomic mass is 35.5. The van der Waals surface area contributed by atoms with Crippen molar-refractivity contribution in [3.63, 3.8) is 0 Å². The predicted molar refractivity (Wildman–Crippen MR) is 149 cm³/mol. The maximum Gasteiger partial charge on any atom is 0.261 e. The summed E-state index contributed by atoms with van der Waals surface area (Å²) >= 11 is 0. The van der Waals surface area contributed by atoms with Gasteiger partial charge < -0.3 is 15.2 Å². The minimum atomic E-state index is -3.62. The molecule has 8 heteroatoms. The minimum Gasteiger partial charge on any atom is -0.484 e. The Hall–Kier alpha value is -2.58. The van der Waals surface area contributed by atoms with E-state index in [2.05, 4.69) is 10.0 Å². The molecule has 3 aromatic carbocycles. The Morgan fingerprint density at radius 2 is 1.62 bits per heavy atom. The summed E-state index contributed by atoms with van der Waals surface area (Å²) in [5.74, 6) is 0.868. The smallest absolute Gasteiger partial charge is 0.261 e. The van der Waals surface area contributed by atoms with Crippen LogP contribution in [0.4, 0.5) is 5.69 Å². The summed E-state index contributed by atoms with van der Waals surface area (Å²) in [6.07, 6.45) is 5.24. The van der Waals surface area contributed by atoms with Crippen molar-refractivity contribution in [3.8, 4) is 5.75 Å². The Kier molecular flexibility index (Phi) is 8.49. The van der Waals surface area contributed by atoms with Crippen molar-refractivity contribution < 1.29 is 18.3 Å². The van der Waals surface area contributed by atoms with E-state index in [9.17, 15) is 13.5 Å². The second-order valence-electron chi connectivity index (χ2n) is 10.0. The lowest BCUT2D eigenvalue weighted by atomic mass is 9.75. The number of sulfonamides is 1. The molecule has 0 bridgehead atoms. The molecule has 0 aromatic heterocycles. The Morgan fingerprint density at radius 1 is 0.946 bits per heavy atom. The number of halogens is 1. The first-order valence-corrected chi connectivity index (χ1v) is 14.2. The number of aliphatic hydroxyl groups excluding tert-OH is 1. The van der Waals surface area contributed by atoms with Crippen molar-refractivity contribution in [2.24, 2.45) is 0 Å². The van der Waals surface area contributed by atoms with Gasteiger partial charge in [-0.25, -0.2) is 8.42 Å². The largest absolute Gasteiger partial charge is 0.484 e. The number of benzene rings is 3. The van der Waals surface area contributed by atoms with Gasteiger partial charge in [-0.1, -0.05) is 54.4 Å². The number of hydrogen-bond donors (Lipinski definition) is 3. The van der Waals surface area contributed by atoms with Crippen molar-refractivity contribution in [2.45, 2.75) is 68.1 Å². The molecule has 5 rings (SSSR count). The maximum atomic E-state index is 12.6. The molecule has 1 spiro atoms. The number of aliphatic hydroxyl groups is 1. The lowest BCUT2D eigenvalue weighted by Crippen LogP contribution is -2.57. The van der Waals surface area contributed by atoms with Gasteiger partial charge in [-0.15, -0.1) is 12.4 Å². The molecule has 0 saturated heterocycles. The molecule has 2 atom stereocenters. The third-order valence-electron chi connectivity index (χ3n) is 7.44. The van der Waals surface area contributed by atoms with Gasteiger partial charge in [-0.3, -0.25) is 4.72 Å². The molecule has 3 aromatic rings. The zero-order valence-corrected chi connectivity index (χ0v) is 22.7. The molecular formula is C29H35ClN2O4S. The van der Waals surface area contributed by atoms with Gasteiger partial charge in [0.05, 0.1) is 10.9 Å². The van der Waals surface area contributed by atoms with Crippen LogP contribution in [0.3, 0.4) is 0 Å². The molecule has 0 radical (unpaired) electrons. The van der Waals surface area contributed by atoms with E-state index in [1.807, 2.05) is 43.3 Å². The number of nitrogens with one attached hydrogen (secondary N) is 2. The Morgan fingerprint density at radius 3 is 2.32 bits per heavy atom. The van der Waals surface area contributed by atoms with Crippen LogP contribution in [0.5, 0.6) is 5.75 Å². The average Bonchev–Trinajstić information content (AvgIpc) is 2.88. The van der Waals surface area contributed by atoms with Gasteiger partial charge in [0, 0.05) is 11.3 Å². The third-order valence-corrected chi connectivity index (χ3v) is 8.83. The Bertz CT molecular complexity index is 1290. The van der Waals surface area contributed by atoms with Gasteiger partial charge >= 0.3 is 0 Å². The zero-order valence-electron chi connectivity index (χ0n) is 21.0. The molecular weight excluding hydrogens is 508 g/mol. The minimum absolute atomic E-state index is 0. The van der Waals surface area contributed by atoms with Crippen molar-refractivity contribution in [3.05, 3.63) is 89.5 Å². The molecule has 1 aliphatic carbocycles. The summed E-state index contributed by atoms with van der Waals surface area (Å²) in [5, 5.41) is 15.0. The van der Waals surface area contributed by atoms with Crippen LogP contribution in [0, 0.1) is 6.92 Å². The zero-order chi connectivity index (χ0) is 25.2. The van der Waals surface area contributed by atoms with Gasteiger partial charge in [0.15, 0.2) is 0 Å². The fourth-order valence-corrected chi connectivity index (χ4v) is 6.45. The van der Waals surface area contributed by atoms with Crippen LogP contribution in [-0.4, -0.2) is 31.8 Å². The van der Waals surface area contributed by atoms with E-state index in [0.717, 1.165) is 54.5 Å². The Balaban J connectivity index is 0.00000320. The lowest BCUT2D eigenvalue weighted by Gasteiger charge is -2.48. The topological polar surface area (TPSA) is 87.7 Å². The number of ether oxygens (including phenoxy) is 1. The van der Waals surface area contributed by atoms with Crippen LogP contribution in [0.15, 0.2) is 77.7 Å². The van der Waals surface area contributed by atoms with Crippen LogP contribution >= 0.6 is 12.4 Å². The van der Waals surface area contributed by atoms with Gasteiger partial charge in [0.2, 0.25) is 0 Å². The first kappa shape index (κ1) is 27.5. The van der Waals surface area contributed by atoms with E-state index in [4.69, 9.17) is 4.74 Å². The van der Waals surface area contributed by atoms with Gasteiger partial charge in [-0.2, -0.15) is 0 Å². The normalized spacial score (nSPS) is 20.4. The predicted octanol–water partition coefficient (Wildman–Crippen LogP) is 5.55.